The molecule has 0 fully saturated rings. The van der Waals surface area contributed by atoms with Gasteiger partial charge in [0.05, 0.1) is 26.0 Å². The first-order valence-corrected chi connectivity index (χ1v) is 5.72. The molecule has 12 heavy (non-hydrogen) atoms. The van der Waals surface area contributed by atoms with Crippen LogP contribution in [0.5, 0.6) is 0 Å². The van der Waals surface area contributed by atoms with E-state index < -0.39 is 0 Å². The van der Waals surface area contributed by atoms with Gasteiger partial charge in [0.1, 0.15) is 0 Å². The summed E-state index contributed by atoms with van der Waals surface area (Å²) in [6, 6.07) is 0. The molecule has 0 aromatic carbocycles. The first-order valence-electron chi connectivity index (χ1n) is 5.18. The van der Waals surface area contributed by atoms with Gasteiger partial charge in [-0.05, 0) is 12.8 Å². The van der Waals surface area contributed by atoms with Gasteiger partial charge >= 0.3 is 0 Å². The molecule has 0 amide bonds. The second kappa shape index (κ2) is 9.34. The van der Waals surface area contributed by atoms with E-state index in [1.54, 1.807) is 4.90 Å². The lowest BCUT2D eigenvalue weighted by Gasteiger charge is -2.11. The fraction of sp³-hybridized carbons (Fsp3) is 1.00. The Morgan fingerprint density at radius 1 is 1.00 bits per heavy atom. The van der Waals surface area contributed by atoms with Crippen LogP contribution in [0.2, 0.25) is 0 Å². The Labute approximate surface area is 82.1 Å². The van der Waals surface area contributed by atoms with Crippen molar-refractivity contribution >= 4 is 11.6 Å². The quantitative estimate of drug-likeness (QED) is 0.441. The van der Waals surface area contributed by atoms with E-state index in [1.807, 2.05) is 0 Å². The summed E-state index contributed by atoms with van der Waals surface area (Å²) in [5.74, 6) is 0.792. The molecule has 0 aliphatic rings. The molecule has 1 nitrogen and oxygen atoms in total. The number of rotatable bonds is 8. The summed E-state index contributed by atoms with van der Waals surface area (Å²) in [6.45, 7) is 4.65. The zero-order chi connectivity index (χ0) is 9.23. The van der Waals surface area contributed by atoms with Crippen molar-refractivity contribution in [2.24, 2.45) is 0 Å². The fourth-order valence-corrected chi connectivity index (χ4v) is 1.64. The standard InChI is InChI=1S/C10H22ClN/c1-3-4-5-6-7-9-12(2)10-8-11/h3-10H2,1-2H3/p+1. The van der Waals surface area contributed by atoms with Crippen LogP contribution in [0.25, 0.3) is 0 Å². The average Bonchev–Trinajstić information content (AvgIpc) is 2.05. The van der Waals surface area contributed by atoms with Crippen LogP contribution in [0.15, 0.2) is 0 Å². The van der Waals surface area contributed by atoms with E-state index in [2.05, 4.69) is 14.0 Å². The molecule has 1 atom stereocenters. The normalized spacial score (nSPS) is 13.2. The van der Waals surface area contributed by atoms with Crippen molar-refractivity contribution in [3.63, 3.8) is 0 Å². The molecule has 0 heterocycles. The summed E-state index contributed by atoms with van der Waals surface area (Å²) in [5.41, 5.74) is 0. The Morgan fingerprint density at radius 3 is 2.25 bits per heavy atom. The van der Waals surface area contributed by atoms with Gasteiger partial charge in [-0.2, -0.15) is 0 Å². The van der Waals surface area contributed by atoms with E-state index in [9.17, 15) is 0 Å². The third-order valence-electron chi connectivity index (χ3n) is 2.23. The summed E-state index contributed by atoms with van der Waals surface area (Å²) in [4.78, 5) is 1.57. The SMILES string of the molecule is CCCCCCC[NH+](C)CCCl. The van der Waals surface area contributed by atoms with Crippen LogP contribution in [0, 0.1) is 0 Å². The van der Waals surface area contributed by atoms with Crippen molar-refractivity contribution in [3.05, 3.63) is 0 Å². The maximum absolute atomic E-state index is 5.64. The summed E-state index contributed by atoms with van der Waals surface area (Å²) >= 11 is 5.64. The molecule has 0 aliphatic carbocycles. The molecule has 0 radical (unpaired) electrons. The minimum absolute atomic E-state index is 0.792. The van der Waals surface area contributed by atoms with E-state index >= 15 is 0 Å². The lowest BCUT2D eigenvalue weighted by molar-refractivity contribution is -0.877. The molecule has 0 saturated heterocycles. The van der Waals surface area contributed by atoms with Crippen LogP contribution in [0.4, 0.5) is 0 Å². The van der Waals surface area contributed by atoms with Crippen LogP contribution < -0.4 is 4.90 Å². The molecule has 2 heteroatoms. The zero-order valence-corrected chi connectivity index (χ0v) is 9.29. The number of nitrogens with one attached hydrogen (secondary N) is 1. The van der Waals surface area contributed by atoms with Crippen molar-refractivity contribution in [1.82, 2.24) is 0 Å². The molecular formula is C10H23ClN+. The number of hydrogen-bond acceptors (Lipinski definition) is 0. The summed E-state index contributed by atoms with van der Waals surface area (Å²) in [5, 5.41) is 0. The molecule has 0 aromatic rings. The molecule has 0 rings (SSSR count). The van der Waals surface area contributed by atoms with Crippen LogP contribution >= 0.6 is 11.6 Å². The molecule has 1 N–H and O–H groups in total. The van der Waals surface area contributed by atoms with Crippen molar-refractivity contribution in [1.29, 1.82) is 0 Å². The highest BCUT2D eigenvalue weighted by molar-refractivity contribution is 6.17. The molecule has 0 aromatic heterocycles. The Hall–Kier alpha value is 0.250. The topological polar surface area (TPSA) is 4.44 Å². The maximum Gasteiger partial charge on any atom is 0.0906 e. The fourth-order valence-electron chi connectivity index (χ4n) is 1.32. The van der Waals surface area contributed by atoms with Crippen molar-refractivity contribution in [2.75, 3.05) is 26.0 Å². The van der Waals surface area contributed by atoms with Crippen molar-refractivity contribution in [3.8, 4) is 0 Å². The van der Waals surface area contributed by atoms with Gasteiger partial charge in [0.15, 0.2) is 0 Å². The molecule has 74 valence electrons. The second-order valence-corrected chi connectivity index (χ2v) is 3.94. The van der Waals surface area contributed by atoms with Crippen molar-refractivity contribution < 1.29 is 4.90 Å². The summed E-state index contributed by atoms with van der Waals surface area (Å²) in [7, 11) is 2.22. The van der Waals surface area contributed by atoms with Gasteiger partial charge in [0, 0.05) is 0 Å². The Kier molecular flexibility index (Phi) is 9.53. The highest BCUT2D eigenvalue weighted by Gasteiger charge is 1.98. The first kappa shape index (κ1) is 12.2. The van der Waals surface area contributed by atoms with Gasteiger partial charge in [-0.25, -0.2) is 0 Å². The predicted octanol–water partition coefficient (Wildman–Crippen LogP) is 1.71. The molecular weight excluding hydrogens is 170 g/mol. The largest absolute Gasteiger partial charge is 0.336 e. The third kappa shape index (κ3) is 8.35. The highest BCUT2D eigenvalue weighted by Crippen LogP contribution is 2.00. The molecule has 0 aliphatic heterocycles. The number of quaternary nitrogens is 1. The van der Waals surface area contributed by atoms with E-state index in [0.717, 1.165) is 12.4 Å². The van der Waals surface area contributed by atoms with Gasteiger partial charge in [-0.1, -0.05) is 26.2 Å². The van der Waals surface area contributed by atoms with Crippen molar-refractivity contribution in [2.45, 2.75) is 39.0 Å². The zero-order valence-electron chi connectivity index (χ0n) is 8.53. The lowest BCUT2D eigenvalue weighted by Crippen LogP contribution is -3.09. The van der Waals surface area contributed by atoms with Gasteiger partial charge in [0.2, 0.25) is 0 Å². The van der Waals surface area contributed by atoms with Crippen LogP contribution in [0.1, 0.15) is 39.0 Å². The summed E-state index contributed by atoms with van der Waals surface area (Å²) in [6.07, 6.45) is 6.90. The maximum atomic E-state index is 5.64. The predicted molar refractivity (Wildman–Crippen MR) is 56.1 cm³/mol. The lowest BCUT2D eigenvalue weighted by atomic mass is 10.1. The van der Waals surface area contributed by atoms with E-state index in [4.69, 9.17) is 11.6 Å². The summed E-state index contributed by atoms with van der Waals surface area (Å²) < 4.78 is 0. The third-order valence-corrected chi connectivity index (χ3v) is 2.42. The van der Waals surface area contributed by atoms with Gasteiger partial charge < -0.3 is 4.90 Å². The Balaban J connectivity index is 2.97. The van der Waals surface area contributed by atoms with Gasteiger partial charge in [-0.3, -0.25) is 0 Å². The number of hydrogen-bond donors (Lipinski definition) is 1. The smallest absolute Gasteiger partial charge is 0.0906 e. The van der Waals surface area contributed by atoms with E-state index in [1.165, 1.54) is 38.6 Å². The molecule has 0 bridgehead atoms. The minimum atomic E-state index is 0.792. The number of alkyl halides is 1. The van der Waals surface area contributed by atoms with Gasteiger partial charge in [-0.15, -0.1) is 11.6 Å². The molecule has 0 saturated carbocycles. The molecule has 1 unspecified atom stereocenters. The second-order valence-electron chi connectivity index (χ2n) is 3.56. The van der Waals surface area contributed by atoms with E-state index in [0.29, 0.717) is 0 Å². The van der Waals surface area contributed by atoms with Crippen LogP contribution in [-0.4, -0.2) is 26.0 Å². The minimum Gasteiger partial charge on any atom is -0.336 e. The first-order chi connectivity index (χ1) is 5.81. The monoisotopic (exact) mass is 192 g/mol. The average molecular weight is 193 g/mol. The van der Waals surface area contributed by atoms with Crippen LogP contribution in [-0.2, 0) is 0 Å². The van der Waals surface area contributed by atoms with E-state index in [-0.39, 0.29) is 0 Å². The van der Waals surface area contributed by atoms with Crippen LogP contribution in [0.3, 0.4) is 0 Å². The molecule has 0 spiro atoms. The Morgan fingerprint density at radius 2 is 1.67 bits per heavy atom. The Bertz CT molecular complexity index is 85.9. The van der Waals surface area contributed by atoms with Gasteiger partial charge in [0.25, 0.3) is 0 Å². The highest BCUT2D eigenvalue weighted by atomic mass is 35.5. The number of halogens is 1. The number of unbranched alkanes of at least 4 members (excludes halogenated alkanes) is 4.